The van der Waals surface area contributed by atoms with Gasteiger partial charge in [0.1, 0.15) is 0 Å². The lowest BCUT2D eigenvalue weighted by Crippen LogP contribution is -2.61. The minimum atomic E-state index is -0.509. The first kappa shape index (κ1) is 54.7. The molecule has 4 heteroatoms. The Hall–Kier alpha value is -12.0. The second-order valence-corrected chi connectivity index (χ2v) is 31.4. The van der Waals surface area contributed by atoms with Crippen molar-refractivity contribution in [3.8, 4) is 61.3 Å². The van der Waals surface area contributed by atoms with Gasteiger partial charge in [0.05, 0.1) is 33.4 Å². The van der Waals surface area contributed by atoms with Gasteiger partial charge in [0.25, 0.3) is 6.71 Å². The van der Waals surface area contributed by atoms with E-state index in [-0.39, 0.29) is 44.7 Å². The highest BCUT2D eigenvalue weighted by atomic mass is 15.2. The molecule has 0 saturated heterocycles. The molecule has 0 atom stereocenters. The Morgan fingerprint density at radius 3 is 1.21 bits per heavy atom. The maximum Gasteiger partial charge on any atom is 0.252 e. The van der Waals surface area contributed by atoms with Crippen molar-refractivity contribution in [2.75, 3.05) is 9.80 Å². The lowest BCUT2D eigenvalue weighted by molar-refractivity contribution is 0.590. The van der Waals surface area contributed by atoms with Crippen molar-refractivity contribution in [3.63, 3.8) is 0 Å². The third-order valence-corrected chi connectivity index (χ3v) is 22.0. The maximum atomic E-state index is 9.94. The summed E-state index contributed by atoms with van der Waals surface area (Å²) in [5.41, 5.74) is 21.8. The van der Waals surface area contributed by atoms with Crippen LogP contribution in [0.3, 0.4) is 0 Å². The van der Waals surface area contributed by atoms with Gasteiger partial charge in [0.2, 0.25) is 0 Å². The first-order chi connectivity index (χ1) is 53.8. The van der Waals surface area contributed by atoms with Crippen molar-refractivity contribution in [1.82, 2.24) is 4.57 Å². The molecule has 16 aromatic carbocycles. The second kappa shape index (κ2) is 23.8. The van der Waals surface area contributed by atoms with Crippen LogP contribution >= 0.6 is 0 Å². The van der Waals surface area contributed by atoms with Crippen molar-refractivity contribution in [1.29, 1.82) is 0 Å². The molecule has 104 heavy (non-hydrogen) atoms. The summed E-state index contributed by atoms with van der Waals surface area (Å²) in [6.45, 7) is 20.2. The number of hydrogen-bond donors (Lipinski definition) is 0. The SMILES string of the molecule is [2H]c1c([2H])c([2H])c2c(c1[2H])c1c([2H])c([2H])c([2H])c([2H])c1n2-c1ccc2c(c1)N(c1c(-c3ccccc3)cc(C(C)(C)C)cc1-c1cccc3c1ccc1ccccc13)c1cc(C(C)(C)C)cc3c1B2c1cc(-c2ccccc2)ccc1N3c1c(-c2ccccc2)cc(C(C)(C)C)cc1-c1cccc2c1ccc1ccccc12. The molecule has 19 rings (SSSR count). The van der Waals surface area contributed by atoms with Gasteiger partial charge in [0, 0.05) is 61.5 Å². The topological polar surface area (TPSA) is 11.4 Å². The van der Waals surface area contributed by atoms with Crippen LogP contribution < -0.4 is 26.2 Å². The number of anilines is 6. The van der Waals surface area contributed by atoms with Crippen molar-refractivity contribution >= 4 is 122 Å². The van der Waals surface area contributed by atoms with Crippen LogP contribution in [0.1, 0.15) is 90.0 Å². The first-order valence-electron chi connectivity index (χ1n) is 40.3. The number of para-hydroxylation sites is 2. The van der Waals surface area contributed by atoms with E-state index in [1.807, 2.05) is 6.07 Å². The third-order valence-electron chi connectivity index (χ3n) is 22.0. The lowest BCUT2D eigenvalue weighted by Gasteiger charge is -2.47. The van der Waals surface area contributed by atoms with Crippen LogP contribution in [0.15, 0.2) is 321 Å². The molecule has 1 aromatic heterocycles. The highest BCUT2D eigenvalue weighted by Gasteiger charge is 2.47. The zero-order chi connectivity index (χ0) is 77.5. The number of aromatic nitrogens is 1. The van der Waals surface area contributed by atoms with Crippen molar-refractivity contribution < 1.29 is 11.0 Å². The van der Waals surface area contributed by atoms with E-state index in [9.17, 15) is 8.22 Å². The van der Waals surface area contributed by atoms with Crippen LogP contribution in [-0.2, 0) is 16.2 Å². The third kappa shape index (κ3) is 10.1. The molecule has 3 nitrogen and oxygen atoms in total. The number of hydrogen-bond acceptors (Lipinski definition) is 2. The number of benzene rings is 16. The van der Waals surface area contributed by atoms with E-state index in [1.165, 1.54) is 16.3 Å². The normalized spacial score (nSPS) is 14.1. The molecular formula is C100H80BN3. The molecule has 2 aliphatic rings. The fourth-order valence-electron chi connectivity index (χ4n) is 16.8. The van der Waals surface area contributed by atoms with E-state index in [1.54, 1.807) is 4.57 Å². The average Bonchev–Trinajstić information content (AvgIpc) is 0.944. The number of nitrogens with zero attached hydrogens (tertiary/aromatic N) is 3. The van der Waals surface area contributed by atoms with Crippen molar-refractivity contribution in [2.45, 2.75) is 78.6 Å². The lowest BCUT2D eigenvalue weighted by atomic mass is 9.33. The fourth-order valence-corrected chi connectivity index (χ4v) is 16.8. The van der Waals surface area contributed by atoms with Gasteiger partial charge < -0.3 is 14.4 Å². The molecule has 498 valence electrons. The van der Waals surface area contributed by atoms with Gasteiger partial charge in [-0.15, -0.1) is 0 Å². The predicted molar refractivity (Wildman–Crippen MR) is 448 cm³/mol. The molecular weight excluding hydrogens is 1250 g/mol. The zero-order valence-corrected chi connectivity index (χ0v) is 59.9. The molecule has 0 unspecified atom stereocenters. The van der Waals surface area contributed by atoms with Crippen LogP contribution in [0.25, 0.3) is 126 Å². The summed E-state index contributed by atoms with van der Waals surface area (Å²) in [5, 5.41) is 9.14. The molecule has 17 aromatic rings. The van der Waals surface area contributed by atoms with Gasteiger partial charge in [-0.25, -0.2) is 0 Å². The number of fused-ring (bicyclic) bond motifs is 13. The quantitative estimate of drug-likeness (QED) is 0.111. The van der Waals surface area contributed by atoms with E-state index >= 15 is 0 Å². The molecule has 0 spiro atoms. The van der Waals surface area contributed by atoms with Crippen molar-refractivity contribution in [2.24, 2.45) is 0 Å². The molecule has 0 saturated carbocycles. The van der Waals surface area contributed by atoms with Crippen LogP contribution in [-0.4, -0.2) is 11.3 Å². The summed E-state index contributed by atoms with van der Waals surface area (Å²) in [6.07, 6.45) is 0. The molecule has 2 aliphatic heterocycles. The van der Waals surface area contributed by atoms with E-state index in [0.29, 0.717) is 5.69 Å². The van der Waals surface area contributed by atoms with E-state index in [0.717, 1.165) is 150 Å². The van der Waals surface area contributed by atoms with Crippen LogP contribution in [0.5, 0.6) is 0 Å². The Labute approximate surface area is 621 Å². The van der Waals surface area contributed by atoms with Crippen molar-refractivity contribution in [3.05, 3.63) is 338 Å². The van der Waals surface area contributed by atoms with E-state index in [4.69, 9.17) is 2.74 Å². The molecule has 0 bridgehead atoms. The fraction of sp³-hybridized carbons (Fsp3) is 0.120. The first-order valence-corrected chi connectivity index (χ1v) is 36.3. The number of rotatable bonds is 8. The standard InChI is InChI=1S/C100H80BN3/c1-98(2,3)69-56-83(64-31-15-11-16-32-64)96(85(58-69)77-43-27-41-75-73-37-21-19-35-66(73)47-51-79(75)77)103-91-54-49-68(63-29-13-10-14-30-63)55-88(91)101-87-53-50-72(102-89-45-25-23-39-81(89)82-40-24-26-46-90(82)102)62-92(87)104(94-61-71(100(7,8)9)60-93(103)95(94)101)97-84(65-33-17-12-18-34-65)57-70(99(4,5)6)59-86(97)78-44-28-42-76-74-38-22-20-36-67(74)48-52-80(76)78/h10-62H,1-9H3/i23D,24D,25D,26D,39D,40D,45D,46D. The van der Waals surface area contributed by atoms with Gasteiger partial charge in [0.15, 0.2) is 0 Å². The molecule has 0 N–H and O–H groups in total. The summed E-state index contributed by atoms with van der Waals surface area (Å²) in [7, 11) is 0. The smallest absolute Gasteiger partial charge is 0.252 e. The summed E-state index contributed by atoms with van der Waals surface area (Å²) in [5.74, 6) is 0. The van der Waals surface area contributed by atoms with Gasteiger partial charge in [-0.3, -0.25) is 0 Å². The van der Waals surface area contributed by atoms with E-state index < -0.39 is 48.4 Å². The van der Waals surface area contributed by atoms with Gasteiger partial charge in [-0.2, -0.15) is 0 Å². The highest BCUT2D eigenvalue weighted by molar-refractivity contribution is 7.00. The minimum absolute atomic E-state index is 0.0126. The van der Waals surface area contributed by atoms with Crippen LogP contribution in [0.4, 0.5) is 34.1 Å². The van der Waals surface area contributed by atoms with Gasteiger partial charge in [-0.1, -0.05) is 317 Å². The summed E-state index contributed by atoms with van der Waals surface area (Å²) in [6, 6.07) is 96.7. The Morgan fingerprint density at radius 2 is 0.712 bits per heavy atom. The van der Waals surface area contributed by atoms with E-state index in [2.05, 4.69) is 339 Å². The van der Waals surface area contributed by atoms with Gasteiger partial charge >= 0.3 is 0 Å². The second-order valence-electron chi connectivity index (χ2n) is 31.4. The monoisotopic (exact) mass is 1340 g/mol. The molecule has 3 heterocycles. The van der Waals surface area contributed by atoms with Gasteiger partial charge in [-0.05, 0) is 192 Å². The van der Waals surface area contributed by atoms with Crippen LogP contribution in [0.2, 0.25) is 0 Å². The largest absolute Gasteiger partial charge is 0.310 e. The summed E-state index contributed by atoms with van der Waals surface area (Å²) < 4.78 is 77.9. The zero-order valence-electron chi connectivity index (χ0n) is 67.9. The molecule has 0 aliphatic carbocycles. The highest BCUT2D eigenvalue weighted by Crippen LogP contribution is 2.57. The van der Waals surface area contributed by atoms with Crippen LogP contribution in [0, 0.1) is 0 Å². The minimum Gasteiger partial charge on any atom is -0.310 e. The average molecular weight is 1340 g/mol. The molecule has 0 radical (unpaired) electrons. The predicted octanol–water partition coefficient (Wildman–Crippen LogP) is 25.7. The maximum absolute atomic E-state index is 9.94. The molecule has 0 amide bonds. The summed E-state index contributed by atoms with van der Waals surface area (Å²) >= 11 is 0. The molecule has 0 fully saturated rings. The summed E-state index contributed by atoms with van der Waals surface area (Å²) in [4.78, 5) is 5.12. The Bertz CT molecular complexity index is 6790. The Morgan fingerprint density at radius 1 is 0.279 bits per heavy atom. The Balaban J connectivity index is 1.03. The Kier molecular flexibility index (Phi) is 12.5.